The summed E-state index contributed by atoms with van der Waals surface area (Å²) >= 11 is 0. The van der Waals surface area contributed by atoms with Crippen LogP contribution >= 0.6 is 0 Å². The summed E-state index contributed by atoms with van der Waals surface area (Å²) in [6.07, 6.45) is 3.58. The fraction of sp³-hybridized carbons (Fsp3) is 0. The molecular formula is C16H8F2N4O2. The van der Waals surface area contributed by atoms with Crippen molar-refractivity contribution < 1.29 is 18.7 Å². The largest absolute Gasteiger partial charge is 0.478 e. The van der Waals surface area contributed by atoms with Gasteiger partial charge in [0.05, 0.1) is 23.4 Å². The normalized spacial score (nSPS) is 10.4. The molecule has 0 aliphatic rings. The number of nitriles is 1. The van der Waals surface area contributed by atoms with E-state index >= 15 is 0 Å². The van der Waals surface area contributed by atoms with E-state index in [1.807, 2.05) is 6.07 Å². The molecule has 3 rings (SSSR count). The summed E-state index contributed by atoms with van der Waals surface area (Å²) in [5, 5.41) is 22.0. The van der Waals surface area contributed by atoms with Crippen LogP contribution in [0.3, 0.4) is 0 Å². The maximum atomic E-state index is 13.9. The highest BCUT2D eigenvalue weighted by Crippen LogP contribution is 2.27. The zero-order valence-corrected chi connectivity index (χ0v) is 11.9. The summed E-state index contributed by atoms with van der Waals surface area (Å²) in [5.74, 6) is -2.30. The van der Waals surface area contributed by atoms with E-state index in [1.165, 1.54) is 23.1 Å². The zero-order valence-electron chi connectivity index (χ0n) is 11.9. The number of carboxylic acid groups (broad SMARTS) is 1. The molecule has 0 radical (unpaired) electrons. The van der Waals surface area contributed by atoms with Crippen molar-refractivity contribution in [1.82, 2.24) is 14.8 Å². The van der Waals surface area contributed by atoms with Crippen molar-refractivity contribution in [3.05, 3.63) is 65.6 Å². The van der Waals surface area contributed by atoms with Gasteiger partial charge in [-0.3, -0.25) is 0 Å². The number of pyridine rings is 1. The number of aromatic nitrogens is 3. The van der Waals surface area contributed by atoms with Gasteiger partial charge in [0.15, 0.2) is 5.82 Å². The Bertz CT molecular complexity index is 992. The smallest absolute Gasteiger partial charge is 0.338 e. The molecule has 24 heavy (non-hydrogen) atoms. The second kappa shape index (κ2) is 5.89. The lowest BCUT2D eigenvalue weighted by molar-refractivity contribution is 0.0697. The minimum atomic E-state index is -1.15. The van der Waals surface area contributed by atoms with Crippen LogP contribution in [-0.2, 0) is 0 Å². The van der Waals surface area contributed by atoms with Gasteiger partial charge in [0.25, 0.3) is 0 Å². The summed E-state index contributed by atoms with van der Waals surface area (Å²) in [7, 11) is 0. The molecule has 0 spiro atoms. The maximum Gasteiger partial charge on any atom is 0.338 e. The summed E-state index contributed by atoms with van der Waals surface area (Å²) in [5.41, 5.74) is 0.0496. The highest BCUT2D eigenvalue weighted by atomic mass is 19.1. The maximum absolute atomic E-state index is 13.9. The van der Waals surface area contributed by atoms with E-state index in [9.17, 15) is 18.8 Å². The zero-order chi connectivity index (χ0) is 17.3. The van der Waals surface area contributed by atoms with Crippen molar-refractivity contribution >= 4 is 5.97 Å². The van der Waals surface area contributed by atoms with E-state index in [1.54, 1.807) is 0 Å². The van der Waals surface area contributed by atoms with Gasteiger partial charge in [0, 0.05) is 29.6 Å². The van der Waals surface area contributed by atoms with Gasteiger partial charge < -0.3 is 5.11 Å². The molecule has 0 aliphatic carbocycles. The lowest BCUT2D eigenvalue weighted by Crippen LogP contribution is -2.01. The second-order valence-electron chi connectivity index (χ2n) is 4.80. The Kier molecular flexibility index (Phi) is 3.75. The molecule has 0 aliphatic heterocycles. The molecular weight excluding hydrogens is 318 g/mol. The molecule has 2 aromatic heterocycles. The molecule has 0 fully saturated rings. The van der Waals surface area contributed by atoms with Crippen molar-refractivity contribution in [3.8, 4) is 23.0 Å². The minimum Gasteiger partial charge on any atom is -0.478 e. The van der Waals surface area contributed by atoms with Gasteiger partial charge in [-0.2, -0.15) is 10.4 Å². The number of carboxylic acids is 1. The van der Waals surface area contributed by atoms with E-state index in [4.69, 9.17) is 5.11 Å². The molecule has 1 aromatic carbocycles. The van der Waals surface area contributed by atoms with Gasteiger partial charge in [0.1, 0.15) is 11.6 Å². The van der Waals surface area contributed by atoms with Crippen LogP contribution in [0.15, 0.2) is 42.9 Å². The van der Waals surface area contributed by atoms with Crippen molar-refractivity contribution in [2.24, 2.45) is 0 Å². The van der Waals surface area contributed by atoms with Crippen LogP contribution in [0.25, 0.3) is 16.9 Å². The molecule has 0 unspecified atom stereocenters. The van der Waals surface area contributed by atoms with Gasteiger partial charge in [-0.15, -0.1) is 0 Å². The van der Waals surface area contributed by atoms with Crippen LogP contribution < -0.4 is 0 Å². The summed E-state index contributed by atoms with van der Waals surface area (Å²) < 4.78 is 28.4. The van der Waals surface area contributed by atoms with Crippen LogP contribution in [0.4, 0.5) is 8.78 Å². The van der Waals surface area contributed by atoms with E-state index in [-0.39, 0.29) is 28.1 Å². The lowest BCUT2D eigenvalue weighted by atomic mass is 10.0. The van der Waals surface area contributed by atoms with Crippen LogP contribution in [0.5, 0.6) is 0 Å². The monoisotopic (exact) mass is 326 g/mol. The minimum absolute atomic E-state index is 0.0458. The third kappa shape index (κ3) is 2.70. The van der Waals surface area contributed by atoms with Crippen molar-refractivity contribution in [1.29, 1.82) is 5.26 Å². The number of rotatable bonds is 3. The summed E-state index contributed by atoms with van der Waals surface area (Å²) in [6, 6.07) is 6.13. The van der Waals surface area contributed by atoms with Gasteiger partial charge >= 0.3 is 5.97 Å². The first-order chi connectivity index (χ1) is 11.5. The summed E-state index contributed by atoms with van der Waals surface area (Å²) in [6.45, 7) is 0. The van der Waals surface area contributed by atoms with Crippen LogP contribution in [0.1, 0.15) is 15.9 Å². The Morgan fingerprint density at radius 1 is 1.21 bits per heavy atom. The highest BCUT2D eigenvalue weighted by molar-refractivity contribution is 5.87. The van der Waals surface area contributed by atoms with E-state index < -0.39 is 17.6 Å². The first kappa shape index (κ1) is 15.3. The fourth-order valence-electron chi connectivity index (χ4n) is 2.14. The Morgan fingerprint density at radius 2 is 2.00 bits per heavy atom. The Labute approximate surface area is 134 Å². The molecule has 0 bridgehead atoms. The van der Waals surface area contributed by atoms with E-state index in [0.717, 1.165) is 24.4 Å². The molecule has 3 aromatic rings. The number of hydrogen-bond donors (Lipinski definition) is 1. The number of benzene rings is 1. The molecule has 118 valence electrons. The molecule has 1 N–H and O–H groups in total. The lowest BCUT2D eigenvalue weighted by Gasteiger charge is -2.08. The van der Waals surface area contributed by atoms with Gasteiger partial charge in [-0.05, 0) is 18.2 Å². The first-order valence-electron chi connectivity index (χ1n) is 6.63. The SMILES string of the molecule is N#Cc1cc(-n2cc(C(=O)O)cn2)ncc1-c1cc(F)ccc1F. The van der Waals surface area contributed by atoms with E-state index in [0.29, 0.717) is 0 Å². The molecule has 2 heterocycles. The second-order valence-corrected chi connectivity index (χ2v) is 4.80. The first-order valence-corrected chi connectivity index (χ1v) is 6.63. The van der Waals surface area contributed by atoms with Gasteiger partial charge in [0.2, 0.25) is 0 Å². The quantitative estimate of drug-likeness (QED) is 0.799. The molecule has 0 saturated carbocycles. The molecule has 0 saturated heterocycles. The third-order valence-corrected chi connectivity index (χ3v) is 3.29. The Hall–Kier alpha value is -3.60. The Balaban J connectivity index is 2.10. The topological polar surface area (TPSA) is 91.8 Å². The highest BCUT2D eigenvalue weighted by Gasteiger charge is 2.14. The predicted octanol–water partition coefficient (Wildman–Crippen LogP) is 2.78. The molecule has 6 nitrogen and oxygen atoms in total. The average Bonchev–Trinajstić information content (AvgIpc) is 3.07. The fourth-order valence-corrected chi connectivity index (χ4v) is 2.14. The number of carbonyl (C=O) groups is 1. The van der Waals surface area contributed by atoms with Crippen LogP contribution in [0.2, 0.25) is 0 Å². The average molecular weight is 326 g/mol. The van der Waals surface area contributed by atoms with Crippen LogP contribution in [-0.4, -0.2) is 25.8 Å². The molecule has 8 heteroatoms. The van der Waals surface area contributed by atoms with Gasteiger partial charge in [-0.25, -0.2) is 23.2 Å². The number of halogens is 2. The van der Waals surface area contributed by atoms with Gasteiger partial charge in [-0.1, -0.05) is 0 Å². The third-order valence-electron chi connectivity index (χ3n) is 3.29. The molecule has 0 amide bonds. The number of aromatic carboxylic acids is 1. The predicted molar refractivity (Wildman–Crippen MR) is 78.4 cm³/mol. The number of nitrogens with zero attached hydrogens (tertiary/aromatic N) is 4. The standard InChI is InChI=1S/C16H8F2N4O2/c17-11-1-2-14(18)12(4-11)13-7-20-15(3-9(13)5-19)22-8-10(6-21-22)16(23)24/h1-4,6-8H,(H,23,24). The number of hydrogen-bond acceptors (Lipinski definition) is 4. The Morgan fingerprint density at radius 3 is 2.67 bits per heavy atom. The summed E-state index contributed by atoms with van der Waals surface area (Å²) in [4.78, 5) is 14.9. The van der Waals surface area contributed by atoms with Crippen molar-refractivity contribution in [3.63, 3.8) is 0 Å². The molecule has 0 atom stereocenters. The van der Waals surface area contributed by atoms with Crippen molar-refractivity contribution in [2.45, 2.75) is 0 Å². The van der Waals surface area contributed by atoms with Crippen molar-refractivity contribution in [2.75, 3.05) is 0 Å². The van der Waals surface area contributed by atoms with E-state index in [2.05, 4.69) is 10.1 Å². The van der Waals surface area contributed by atoms with Crippen LogP contribution in [0, 0.1) is 23.0 Å².